The fraction of sp³-hybridized carbons (Fsp3) is 0.308. The van der Waals surface area contributed by atoms with Crippen molar-refractivity contribution in [2.45, 2.75) is 26.7 Å². The molecular weight excluding hydrogens is 328 g/mol. The molecule has 0 aliphatic heterocycles. The normalized spacial score (nSPS) is 10.8. The highest BCUT2D eigenvalue weighted by Crippen LogP contribution is 2.28. The molecular formula is C13H14BrClN4. The topological polar surface area (TPSA) is 50.7 Å². The lowest BCUT2D eigenvalue weighted by atomic mass is 10.0. The highest BCUT2D eigenvalue weighted by atomic mass is 79.9. The molecule has 0 radical (unpaired) electrons. The largest absolute Gasteiger partial charge is 0.323 e. The second-order valence-corrected chi connectivity index (χ2v) is 5.69. The minimum Gasteiger partial charge on any atom is -0.323 e. The van der Waals surface area contributed by atoms with Crippen molar-refractivity contribution in [3.8, 4) is 0 Å². The van der Waals surface area contributed by atoms with Crippen LogP contribution >= 0.6 is 27.5 Å². The number of hydrogen-bond donors (Lipinski definition) is 1. The van der Waals surface area contributed by atoms with E-state index in [1.54, 1.807) is 6.92 Å². The molecule has 6 heteroatoms. The quantitative estimate of drug-likeness (QED) is 0.895. The summed E-state index contributed by atoms with van der Waals surface area (Å²) in [4.78, 5) is 12.2. The molecule has 0 saturated heterocycles. The van der Waals surface area contributed by atoms with Crippen molar-refractivity contribution in [3.63, 3.8) is 0 Å². The lowest BCUT2D eigenvalue weighted by Crippen LogP contribution is -2.02. The number of nitrogens with one attached hydrogen (secondary N) is 1. The van der Waals surface area contributed by atoms with Crippen LogP contribution in [0.4, 0.5) is 11.6 Å². The van der Waals surface area contributed by atoms with Crippen molar-refractivity contribution in [2.75, 3.05) is 5.32 Å². The molecule has 0 aliphatic carbocycles. The standard InChI is InChI=1S/C13H14BrClN4/c1-7(2)9-4-5-11(10(14)6-9)18-13-17-8(3)16-12(15)19-13/h4-7H,1-3H3,(H,16,17,18,19). The summed E-state index contributed by atoms with van der Waals surface area (Å²) >= 11 is 9.35. The van der Waals surface area contributed by atoms with Crippen LogP contribution in [-0.2, 0) is 0 Å². The molecule has 100 valence electrons. The van der Waals surface area contributed by atoms with Gasteiger partial charge < -0.3 is 5.32 Å². The minimum atomic E-state index is 0.185. The second-order valence-electron chi connectivity index (χ2n) is 4.49. The van der Waals surface area contributed by atoms with Crippen molar-refractivity contribution in [3.05, 3.63) is 39.3 Å². The van der Waals surface area contributed by atoms with Gasteiger partial charge >= 0.3 is 0 Å². The molecule has 0 aliphatic rings. The van der Waals surface area contributed by atoms with Crippen molar-refractivity contribution < 1.29 is 0 Å². The van der Waals surface area contributed by atoms with Crippen LogP contribution in [0.3, 0.4) is 0 Å². The van der Waals surface area contributed by atoms with E-state index in [4.69, 9.17) is 11.6 Å². The third kappa shape index (κ3) is 3.64. The van der Waals surface area contributed by atoms with E-state index < -0.39 is 0 Å². The van der Waals surface area contributed by atoms with E-state index in [-0.39, 0.29) is 5.28 Å². The average Bonchev–Trinajstić information content (AvgIpc) is 2.30. The zero-order valence-corrected chi connectivity index (χ0v) is 13.2. The first kappa shape index (κ1) is 14.2. The molecule has 0 unspecified atom stereocenters. The number of hydrogen-bond acceptors (Lipinski definition) is 4. The summed E-state index contributed by atoms with van der Waals surface area (Å²) in [6, 6.07) is 6.16. The van der Waals surface area contributed by atoms with Crippen molar-refractivity contribution >= 4 is 39.2 Å². The third-order valence-electron chi connectivity index (χ3n) is 2.63. The summed E-state index contributed by atoms with van der Waals surface area (Å²) in [5, 5.41) is 3.31. The first-order valence-electron chi connectivity index (χ1n) is 5.90. The summed E-state index contributed by atoms with van der Waals surface area (Å²) in [5.74, 6) is 1.51. The van der Waals surface area contributed by atoms with Crippen molar-refractivity contribution in [1.82, 2.24) is 15.0 Å². The van der Waals surface area contributed by atoms with Crippen LogP contribution in [0.25, 0.3) is 0 Å². The first-order chi connectivity index (χ1) is 8.95. The van der Waals surface area contributed by atoms with E-state index in [9.17, 15) is 0 Å². The van der Waals surface area contributed by atoms with Gasteiger partial charge in [0.1, 0.15) is 5.82 Å². The second kappa shape index (κ2) is 5.84. The molecule has 19 heavy (non-hydrogen) atoms. The van der Waals surface area contributed by atoms with Gasteiger partial charge in [-0.3, -0.25) is 0 Å². The summed E-state index contributed by atoms with van der Waals surface area (Å²) in [5.41, 5.74) is 2.16. The Balaban J connectivity index is 2.28. The van der Waals surface area contributed by atoms with Crippen LogP contribution in [0.2, 0.25) is 5.28 Å². The van der Waals surface area contributed by atoms with Gasteiger partial charge in [0.15, 0.2) is 0 Å². The number of aromatic nitrogens is 3. The van der Waals surface area contributed by atoms with Gasteiger partial charge in [0, 0.05) is 4.47 Å². The lowest BCUT2D eigenvalue weighted by Gasteiger charge is -2.11. The Morgan fingerprint density at radius 2 is 1.95 bits per heavy atom. The Bertz CT molecular complexity index is 581. The smallest absolute Gasteiger partial charge is 0.231 e. The maximum Gasteiger partial charge on any atom is 0.231 e. The van der Waals surface area contributed by atoms with E-state index in [0.717, 1.165) is 10.2 Å². The summed E-state index contributed by atoms with van der Waals surface area (Å²) in [7, 11) is 0. The molecule has 1 heterocycles. The monoisotopic (exact) mass is 340 g/mol. The van der Waals surface area contributed by atoms with Gasteiger partial charge in [0.05, 0.1) is 5.69 Å². The van der Waals surface area contributed by atoms with Gasteiger partial charge in [0.25, 0.3) is 0 Å². The number of rotatable bonds is 3. The molecule has 2 rings (SSSR count). The van der Waals surface area contributed by atoms with Crippen molar-refractivity contribution in [1.29, 1.82) is 0 Å². The van der Waals surface area contributed by atoms with E-state index in [1.807, 2.05) is 6.07 Å². The zero-order chi connectivity index (χ0) is 14.0. The summed E-state index contributed by atoms with van der Waals surface area (Å²) in [6.07, 6.45) is 0. The van der Waals surface area contributed by atoms with Crippen LogP contribution in [0.5, 0.6) is 0 Å². The Hall–Kier alpha value is -1.20. The molecule has 1 aromatic heterocycles. The highest BCUT2D eigenvalue weighted by molar-refractivity contribution is 9.10. The van der Waals surface area contributed by atoms with Gasteiger partial charge in [0.2, 0.25) is 11.2 Å². The molecule has 0 amide bonds. The van der Waals surface area contributed by atoms with Crippen LogP contribution in [-0.4, -0.2) is 15.0 Å². The molecule has 1 N–H and O–H groups in total. The number of benzene rings is 1. The maximum absolute atomic E-state index is 5.81. The highest BCUT2D eigenvalue weighted by Gasteiger charge is 2.07. The maximum atomic E-state index is 5.81. The Labute approximate surface area is 125 Å². The Kier molecular flexibility index (Phi) is 4.37. The van der Waals surface area contributed by atoms with Crippen LogP contribution in [0, 0.1) is 6.92 Å². The third-order valence-corrected chi connectivity index (χ3v) is 3.45. The number of nitrogens with zero attached hydrogens (tertiary/aromatic N) is 3. The number of anilines is 2. The van der Waals surface area contributed by atoms with E-state index in [2.05, 4.69) is 62.2 Å². The van der Waals surface area contributed by atoms with Gasteiger partial charge in [-0.15, -0.1) is 0 Å². The predicted octanol–water partition coefficient (Wildman–Crippen LogP) is 4.46. The molecule has 1 aromatic carbocycles. The SMILES string of the molecule is Cc1nc(Cl)nc(Nc2ccc(C(C)C)cc2Br)n1. The van der Waals surface area contributed by atoms with Gasteiger partial charge in [-0.1, -0.05) is 19.9 Å². The number of aryl methyl sites for hydroxylation is 1. The van der Waals surface area contributed by atoms with Crippen LogP contribution in [0.15, 0.2) is 22.7 Å². The lowest BCUT2D eigenvalue weighted by molar-refractivity contribution is 0.866. The van der Waals surface area contributed by atoms with Crippen LogP contribution in [0.1, 0.15) is 31.2 Å². The fourth-order valence-corrected chi connectivity index (χ4v) is 2.32. The summed E-state index contributed by atoms with van der Waals surface area (Å²) < 4.78 is 0.966. The minimum absolute atomic E-state index is 0.185. The van der Waals surface area contributed by atoms with Gasteiger partial charge in [-0.05, 0) is 58.1 Å². The zero-order valence-electron chi connectivity index (χ0n) is 10.9. The molecule has 0 saturated carbocycles. The van der Waals surface area contributed by atoms with Crippen LogP contribution < -0.4 is 5.32 Å². The van der Waals surface area contributed by atoms with E-state index >= 15 is 0 Å². The van der Waals surface area contributed by atoms with Crippen molar-refractivity contribution in [2.24, 2.45) is 0 Å². The molecule has 2 aromatic rings. The Morgan fingerprint density at radius 1 is 1.21 bits per heavy atom. The molecule has 0 spiro atoms. The molecule has 4 nitrogen and oxygen atoms in total. The summed E-state index contributed by atoms with van der Waals surface area (Å²) in [6.45, 7) is 6.09. The van der Waals surface area contributed by atoms with Gasteiger partial charge in [-0.25, -0.2) is 4.98 Å². The molecule has 0 atom stereocenters. The number of halogens is 2. The fourth-order valence-electron chi connectivity index (χ4n) is 1.62. The Morgan fingerprint density at radius 3 is 2.53 bits per heavy atom. The van der Waals surface area contributed by atoms with E-state index in [0.29, 0.717) is 17.7 Å². The van der Waals surface area contributed by atoms with E-state index in [1.165, 1.54) is 5.56 Å². The predicted molar refractivity (Wildman–Crippen MR) is 81.1 cm³/mol. The first-order valence-corrected chi connectivity index (χ1v) is 7.07. The molecule has 0 bridgehead atoms. The van der Waals surface area contributed by atoms with Gasteiger partial charge in [-0.2, -0.15) is 9.97 Å². The average molecular weight is 342 g/mol. The molecule has 0 fully saturated rings.